The summed E-state index contributed by atoms with van der Waals surface area (Å²) in [5.41, 5.74) is 1.12. The van der Waals surface area contributed by atoms with Gasteiger partial charge in [0.05, 0.1) is 7.11 Å². The highest BCUT2D eigenvalue weighted by Gasteiger charge is 2.14. The van der Waals surface area contributed by atoms with Crippen molar-refractivity contribution in [3.8, 4) is 5.75 Å². The van der Waals surface area contributed by atoms with Crippen LogP contribution in [0.3, 0.4) is 0 Å². The Morgan fingerprint density at radius 1 is 1.50 bits per heavy atom. The number of ether oxygens (including phenoxy) is 1. The second-order valence-electron chi connectivity index (χ2n) is 3.39. The minimum Gasteiger partial charge on any atom is -0.496 e. The molecule has 4 heteroatoms. The van der Waals surface area contributed by atoms with Crippen molar-refractivity contribution >= 4 is 23.4 Å². The number of rotatable bonds is 6. The highest BCUT2D eigenvalue weighted by molar-refractivity contribution is 7.99. The molecule has 0 aliphatic rings. The Kier molecular flexibility index (Phi) is 6.03. The van der Waals surface area contributed by atoms with E-state index in [0.717, 1.165) is 27.8 Å². The van der Waals surface area contributed by atoms with E-state index in [1.54, 1.807) is 7.11 Å². The van der Waals surface area contributed by atoms with Crippen molar-refractivity contribution in [1.82, 2.24) is 5.32 Å². The molecule has 0 saturated carbocycles. The highest BCUT2D eigenvalue weighted by Crippen LogP contribution is 2.29. The first kappa shape index (κ1) is 13.7. The van der Waals surface area contributed by atoms with Crippen molar-refractivity contribution in [3.05, 3.63) is 28.8 Å². The molecule has 0 amide bonds. The number of thioether (sulfide) groups is 1. The van der Waals surface area contributed by atoms with E-state index in [-0.39, 0.29) is 6.04 Å². The van der Waals surface area contributed by atoms with E-state index >= 15 is 0 Å². The van der Waals surface area contributed by atoms with E-state index in [4.69, 9.17) is 16.3 Å². The van der Waals surface area contributed by atoms with Gasteiger partial charge in [0.15, 0.2) is 0 Å². The number of halogens is 1. The van der Waals surface area contributed by atoms with E-state index < -0.39 is 0 Å². The third kappa shape index (κ3) is 3.58. The molecule has 0 aromatic heterocycles. The number of nitrogens with one attached hydrogen (secondary N) is 1. The van der Waals surface area contributed by atoms with Crippen LogP contribution in [0.1, 0.15) is 18.5 Å². The molecular weight excluding hydrogens is 242 g/mol. The molecule has 16 heavy (non-hydrogen) atoms. The molecule has 0 fully saturated rings. The summed E-state index contributed by atoms with van der Waals surface area (Å²) < 4.78 is 5.36. The van der Waals surface area contributed by atoms with Crippen molar-refractivity contribution < 1.29 is 4.74 Å². The summed E-state index contributed by atoms with van der Waals surface area (Å²) in [6.07, 6.45) is 0. The molecule has 0 radical (unpaired) electrons. The zero-order valence-electron chi connectivity index (χ0n) is 9.92. The molecule has 1 unspecified atom stereocenters. The molecule has 1 aromatic rings. The molecular formula is C12H18ClNOS. The molecule has 2 nitrogen and oxygen atoms in total. The molecule has 0 aliphatic heterocycles. The lowest BCUT2D eigenvalue weighted by Crippen LogP contribution is -2.19. The predicted octanol–water partition coefficient (Wildman–Crippen LogP) is 3.36. The van der Waals surface area contributed by atoms with Crippen LogP contribution >= 0.6 is 23.4 Å². The van der Waals surface area contributed by atoms with Gasteiger partial charge in [-0.1, -0.05) is 18.5 Å². The van der Waals surface area contributed by atoms with Gasteiger partial charge in [-0.3, -0.25) is 0 Å². The van der Waals surface area contributed by atoms with Gasteiger partial charge in [0.2, 0.25) is 0 Å². The van der Waals surface area contributed by atoms with Crippen molar-refractivity contribution in [2.45, 2.75) is 13.0 Å². The molecule has 90 valence electrons. The van der Waals surface area contributed by atoms with E-state index in [9.17, 15) is 0 Å². The number of methoxy groups -OCH3 is 1. The van der Waals surface area contributed by atoms with Crippen LogP contribution in [0.15, 0.2) is 18.2 Å². The average Bonchev–Trinajstić information content (AvgIpc) is 2.30. The number of benzene rings is 1. The summed E-state index contributed by atoms with van der Waals surface area (Å²) in [7, 11) is 3.65. The van der Waals surface area contributed by atoms with E-state index in [1.165, 1.54) is 0 Å². The lowest BCUT2D eigenvalue weighted by atomic mass is 10.1. The third-order valence-corrected chi connectivity index (χ3v) is 3.62. The van der Waals surface area contributed by atoms with Crippen LogP contribution in [0.25, 0.3) is 0 Å². The Labute approximate surface area is 107 Å². The van der Waals surface area contributed by atoms with Gasteiger partial charge in [-0.05, 0) is 31.0 Å². The molecule has 0 aliphatic carbocycles. The van der Waals surface area contributed by atoms with Crippen molar-refractivity contribution in [1.29, 1.82) is 0 Å². The normalized spacial score (nSPS) is 12.5. The second-order valence-corrected chi connectivity index (χ2v) is 5.14. The molecule has 0 saturated heterocycles. The van der Waals surface area contributed by atoms with Gasteiger partial charge in [0.25, 0.3) is 0 Å². The fraction of sp³-hybridized carbons (Fsp3) is 0.500. The van der Waals surface area contributed by atoms with Crippen LogP contribution in [0.4, 0.5) is 0 Å². The highest BCUT2D eigenvalue weighted by atomic mass is 35.5. The fourth-order valence-electron chi connectivity index (χ4n) is 1.54. The molecule has 1 atom stereocenters. The predicted molar refractivity (Wildman–Crippen MR) is 72.8 cm³/mol. The van der Waals surface area contributed by atoms with E-state index in [2.05, 4.69) is 12.2 Å². The van der Waals surface area contributed by atoms with Crippen LogP contribution in [-0.4, -0.2) is 25.7 Å². The first-order chi connectivity index (χ1) is 7.72. The minimum absolute atomic E-state index is 0.276. The zero-order chi connectivity index (χ0) is 12.0. The Morgan fingerprint density at radius 2 is 2.25 bits per heavy atom. The SMILES string of the molecule is CCSCC(NC)c1cc(Cl)ccc1OC. The Balaban J connectivity index is 2.92. The van der Waals surface area contributed by atoms with Gasteiger partial charge in [-0.25, -0.2) is 0 Å². The monoisotopic (exact) mass is 259 g/mol. The van der Waals surface area contributed by atoms with Gasteiger partial charge in [0, 0.05) is 22.4 Å². The van der Waals surface area contributed by atoms with Crippen LogP contribution < -0.4 is 10.1 Å². The minimum atomic E-state index is 0.276. The summed E-state index contributed by atoms with van der Waals surface area (Å²) in [6.45, 7) is 2.16. The molecule has 1 N–H and O–H groups in total. The quantitative estimate of drug-likeness (QED) is 0.847. The topological polar surface area (TPSA) is 21.3 Å². The Hall–Kier alpha value is -0.380. The molecule has 0 heterocycles. The molecule has 1 aromatic carbocycles. The lowest BCUT2D eigenvalue weighted by molar-refractivity contribution is 0.404. The summed E-state index contributed by atoms with van der Waals surface area (Å²) >= 11 is 7.92. The van der Waals surface area contributed by atoms with Crippen molar-refractivity contribution in [3.63, 3.8) is 0 Å². The van der Waals surface area contributed by atoms with Gasteiger partial charge >= 0.3 is 0 Å². The summed E-state index contributed by atoms with van der Waals surface area (Å²) in [6, 6.07) is 6.01. The average molecular weight is 260 g/mol. The Bertz CT molecular complexity index is 333. The van der Waals surface area contributed by atoms with Crippen molar-refractivity contribution in [2.24, 2.45) is 0 Å². The summed E-state index contributed by atoms with van der Waals surface area (Å²) in [5.74, 6) is 3.02. The molecule has 1 rings (SSSR count). The van der Waals surface area contributed by atoms with Crippen LogP contribution in [0.2, 0.25) is 5.02 Å². The van der Waals surface area contributed by atoms with Crippen molar-refractivity contribution in [2.75, 3.05) is 25.7 Å². The van der Waals surface area contributed by atoms with Gasteiger partial charge in [-0.15, -0.1) is 0 Å². The summed E-state index contributed by atoms with van der Waals surface area (Å²) in [5, 5.41) is 4.04. The molecule has 0 bridgehead atoms. The van der Waals surface area contributed by atoms with Gasteiger partial charge < -0.3 is 10.1 Å². The standard InChI is InChI=1S/C12H18ClNOS/c1-4-16-8-11(14-2)10-7-9(13)5-6-12(10)15-3/h5-7,11,14H,4,8H2,1-3H3. The first-order valence-corrected chi connectivity index (χ1v) is 6.84. The zero-order valence-corrected chi connectivity index (χ0v) is 11.5. The van der Waals surface area contributed by atoms with E-state index in [1.807, 2.05) is 37.0 Å². The Morgan fingerprint density at radius 3 is 2.81 bits per heavy atom. The maximum atomic E-state index is 6.02. The number of hydrogen-bond acceptors (Lipinski definition) is 3. The van der Waals surface area contributed by atoms with Crippen LogP contribution in [0, 0.1) is 0 Å². The lowest BCUT2D eigenvalue weighted by Gasteiger charge is -2.19. The third-order valence-electron chi connectivity index (χ3n) is 2.40. The van der Waals surface area contributed by atoms with Crippen LogP contribution in [-0.2, 0) is 0 Å². The smallest absolute Gasteiger partial charge is 0.123 e. The van der Waals surface area contributed by atoms with E-state index in [0.29, 0.717) is 0 Å². The van der Waals surface area contributed by atoms with Crippen LogP contribution in [0.5, 0.6) is 5.75 Å². The first-order valence-electron chi connectivity index (χ1n) is 5.31. The fourth-order valence-corrected chi connectivity index (χ4v) is 2.54. The number of hydrogen-bond donors (Lipinski definition) is 1. The van der Waals surface area contributed by atoms with Gasteiger partial charge in [0.1, 0.15) is 5.75 Å². The summed E-state index contributed by atoms with van der Waals surface area (Å²) in [4.78, 5) is 0. The maximum absolute atomic E-state index is 6.02. The second kappa shape index (κ2) is 7.05. The maximum Gasteiger partial charge on any atom is 0.123 e. The largest absolute Gasteiger partial charge is 0.496 e. The van der Waals surface area contributed by atoms with Gasteiger partial charge in [-0.2, -0.15) is 11.8 Å². The molecule has 0 spiro atoms.